The normalized spacial score (nSPS) is 20.9. The van der Waals surface area contributed by atoms with Crippen molar-refractivity contribution >= 4 is 28.9 Å². The van der Waals surface area contributed by atoms with Gasteiger partial charge in [-0.25, -0.2) is 9.37 Å². The minimum Gasteiger partial charge on any atom is -0.481 e. The molecule has 2 N–H and O–H groups in total. The molecule has 1 heterocycles. The highest BCUT2D eigenvalue weighted by molar-refractivity contribution is 5.98. The van der Waals surface area contributed by atoms with Crippen molar-refractivity contribution in [3.8, 4) is 0 Å². The van der Waals surface area contributed by atoms with Crippen LogP contribution in [0.25, 0.3) is 11.0 Å². The van der Waals surface area contributed by atoms with E-state index in [0.717, 1.165) is 0 Å². The van der Waals surface area contributed by atoms with Crippen molar-refractivity contribution in [1.82, 2.24) is 9.55 Å². The molecule has 1 saturated carbocycles. The number of carbonyl (C=O) groups is 2. The summed E-state index contributed by atoms with van der Waals surface area (Å²) >= 11 is 0. The van der Waals surface area contributed by atoms with Gasteiger partial charge in [-0.3, -0.25) is 14.9 Å². The Morgan fingerprint density at radius 3 is 2.85 bits per heavy atom. The number of halogens is 1. The molecule has 104 valence electrons. The number of carbonyl (C=O) groups excluding carboxylic acids is 1. The monoisotopic (exact) mass is 277 g/mol. The second-order valence-corrected chi connectivity index (χ2v) is 4.90. The minimum atomic E-state index is -0.961. The first-order valence-electron chi connectivity index (χ1n) is 6.13. The minimum absolute atomic E-state index is 0.284. The van der Waals surface area contributed by atoms with E-state index >= 15 is 0 Å². The van der Waals surface area contributed by atoms with Crippen LogP contribution in [0.1, 0.15) is 6.42 Å². The highest BCUT2D eigenvalue weighted by Gasteiger charge is 2.48. The van der Waals surface area contributed by atoms with Gasteiger partial charge in [-0.05, 0) is 18.6 Å². The van der Waals surface area contributed by atoms with Crippen LogP contribution in [0.15, 0.2) is 18.2 Å². The predicted molar refractivity (Wildman–Crippen MR) is 68.5 cm³/mol. The lowest BCUT2D eigenvalue weighted by Gasteiger charge is -2.04. The molecule has 0 spiro atoms. The zero-order chi connectivity index (χ0) is 14.4. The fourth-order valence-corrected chi connectivity index (χ4v) is 2.25. The zero-order valence-corrected chi connectivity index (χ0v) is 10.6. The average Bonchev–Trinajstić information content (AvgIpc) is 3.12. The van der Waals surface area contributed by atoms with Crippen LogP contribution < -0.4 is 5.32 Å². The maximum Gasteiger partial charge on any atom is 0.307 e. The van der Waals surface area contributed by atoms with Crippen LogP contribution in [0.3, 0.4) is 0 Å². The second-order valence-electron chi connectivity index (χ2n) is 4.90. The number of amides is 1. The van der Waals surface area contributed by atoms with Crippen LogP contribution in [0.2, 0.25) is 0 Å². The number of hydrogen-bond donors (Lipinski definition) is 2. The largest absolute Gasteiger partial charge is 0.481 e. The number of imidazole rings is 1. The molecule has 1 fully saturated rings. The van der Waals surface area contributed by atoms with E-state index in [2.05, 4.69) is 10.3 Å². The Labute approximate surface area is 113 Å². The first-order valence-corrected chi connectivity index (χ1v) is 6.13. The van der Waals surface area contributed by atoms with Crippen molar-refractivity contribution in [3.63, 3.8) is 0 Å². The summed E-state index contributed by atoms with van der Waals surface area (Å²) in [5, 5.41) is 11.4. The number of nitrogens with zero attached hydrogens (tertiary/aromatic N) is 2. The number of aliphatic carboxylic acids is 1. The van der Waals surface area contributed by atoms with Crippen LogP contribution in [-0.2, 0) is 16.6 Å². The summed E-state index contributed by atoms with van der Waals surface area (Å²) in [6, 6.07) is 4.17. The third-order valence-corrected chi connectivity index (χ3v) is 3.52. The van der Waals surface area contributed by atoms with Gasteiger partial charge in [-0.1, -0.05) is 0 Å². The number of carboxylic acid groups (broad SMARTS) is 1. The first kappa shape index (κ1) is 12.6. The summed E-state index contributed by atoms with van der Waals surface area (Å²) in [6.45, 7) is 0. The Morgan fingerprint density at radius 2 is 2.20 bits per heavy atom. The van der Waals surface area contributed by atoms with Crippen molar-refractivity contribution in [2.24, 2.45) is 18.9 Å². The van der Waals surface area contributed by atoms with Gasteiger partial charge in [0.15, 0.2) is 0 Å². The molecule has 1 amide bonds. The van der Waals surface area contributed by atoms with Crippen molar-refractivity contribution < 1.29 is 19.1 Å². The van der Waals surface area contributed by atoms with Gasteiger partial charge in [0, 0.05) is 13.1 Å². The molecule has 0 bridgehead atoms. The standard InChI is InChI=1S/C13H12FN3O3/c1-17-10-3-2-6(14)4-9(10)15-13(17)16-11(18)7-5-8(7)12(19)20/h2-4,7-8H,5H2,1H3,(H,19,20)(H,15,16,18). The third-order valence-electron chi connectivity index (χ3n) is 3.52. The summed E-state index contributed by atoms with van der Waals surface area (Å²) in [5.74, 6) is -2.56. The summed E-state index contributed by atoms with van der Waals surface area (Å²) in [7, 11) is 1.70. The molecule has 0 radical (unpaired) electrons. The Balaban J connectivity index is 1.83. The quantitative estimate of drug-likeness (QED) is 0.887. The zero-order valence-electron chi connectivity index (χ0n) is 10.6. The Bertz CT molecular complexity index is 725. The van der Waals surface area contributed by atoms with Gasteiger partial charge in [0.1, 0.15) is 5.82 Å². The number of hydrogen-bond acceptors (Lipinski definition) is 3. The molecule has 0 aliphatic heterocycles. The fraction of sp³-hybridized carbons (Fsp3) is 0.308. The highest BCUT2D eigenvalue weighted by Crippen LogP contribution is 2.39. The number of rotatable bonds is 3. The molecule has 1 aliphatic rings. The van der Waals surface area contributed by atoms with Crippen molar-refractivity contribution in [2.75, 3.05) is 5.32 Å². The van der Waals surface area contributed by atoms with E-state index in [4.69, 9.17) is 5.11 Å². The third kappa shape index (κ3) is 2.01. The topological polar surface area (TPSA) is 84.2 Å². The van der Waals surface area contributed by atoms with Crippen LogP contribution in [0.4, 0.5) is 10.3 Å². The molecule has 20 heavy (non-hydrogen) atoms. The number of nitrogens with one attached hydrogen (secondary N) is 1. The lowest BCUT2D eigenvalue weighted by molar-refractivity contribution is -0.139. The van der Waals surface area contributed by atoms with Gasteiger partial charge in [-0.2, -0.15) is 0 Å². The van der Waals surface area contributed by atoms with E-state index < -0.39 is 23.6 Å². The summed E-state index contributed by atoms with van der Waals surface area (Å²) in [5.41, 5.74) is 1.13. The van der Waals surface area contributed by atoms with Crippen molar-refractivity contribution in [3.05, 3.63) is 24.0 Å². The molecule has 1 aromatic heterocycles. The van der Waals surface area contributed by atoms with Crippen LogP contribution in [0.5, 0.6) is 0 Å². The van der Waals surface area contributed by atoms with Crippen molar-refractivity contribution in [2.45, 2.75) is 6.42 Å². The average molecular weight is 277 g/mol. The van der Waals surface area contributed by atoms with E-state index in [-0.39, 0.29) is 11.9 Å². The van der Waals surface area contributed by atoms with Gasteiger partial charge >= 0.3 is 5.97 Å². The highest BCUT2D eigenvalue weighted by atomic mass is 19.1. The fourth-order valence-electron chi connectivity index (χ4n) is 2.25. The Hall–Kier alpha value is -2.44. The van der Waals surface area contributed by atoms with Gasteiger partial charge < -0.3 is 9.67 Å². The lowest BCUT2D eigenvalue weighted by Crippen LogP contribution is -2.19. The Morgan fingerprint density at radius 1 is 1.45 bits per heavy atom. The predicted octanol–water partition coefficient (Wildman–Crippen LogP) is 1.37. The lowest BCUT2D eigenvalue weighted by atomic mass is 10.3. The number of anilines is 1. The first-order chi connectivity index (χ1) is 9.47. The number of benzene rings is 1. The van der Waals surface area contributed by atoms with E-state index in [1.807, 2.05) is 0 Å². The van der Waals surface area contributed by atoms with Gasteiger partial charge in [-0.15, -0.1) is 0 Å². The number of carboxylic acids is 1. The molecular formula is C13H12FN3O3. The maximum absolute atomic E-state index is 13.1. The summed E-state index contributed by atoms with van der Waals surface area (Å²) in [6.07, 6.45) is 0.347. The number of aromatic nitrogens is 2. The van der Waals surface area contributed by atoms with Crippen LogP contribution in [-0.4, -0.2) is 26.5 Å². The Kier molecular flexibility index (Phi) is 2.70. The molecule has 1 aromatic carbocycles. The molecule has 0 saturated heterocycles. The molecule has 7 heteroatoms. The van der Waals surface area contributed by atoms with Gasteiger partial charge in [0.2, 0.25) is 11.9 Å². The van der Waals surface area contributed by atoms with E-state index in [1.165, 1.54) is 12.1 Å². The smallest absolute Gasteiger partial charge is 0.307 e. The summed E-state index contributed by atoms with van der Waals surface area (Å²) in [4.78, 5) is 26.8. The molecule has 6 nitrogen and oxygen atoms in total. The molecular weight excluding hydrogens is 265 g/mol. The van der Waals surface area contributed by atoms with E-state index in [0.29, 0.717) is 17.5 Å². The molecule has 2 atom stereocenters. The van der Waals surface area contributed by atoms with Crippen LogP contribution >= 0.6 is 0 Å². The molecule has 2 unspecified atom stereocenters. The molecule has 1 aliphatic carbocycles. The van der Waals surface area contributed by atoms with Gasteiger partial charge in [0.25, 0.3) is 0 Å². The van der Waals surface area contributed by atoms with E-state index in [9.17, 15) is 14.0 Å². The molecule has 3 rings (SSSR count). The SMILES string of the molecule is Cn1c(NC(=O)C2CC2C(=O)O)nc2cc(F)ccc21. The van der Waals surface area contributed by atoms with Gasteiger partial charge in [0.05, 0.1) is 22.9 Å². The molecule has 2 aromatic rings. The van der Waals surface area contributed by atoms with E-state index in [1.54, 1.807) is 17.7 Å². The van der Waals surface area contributed by atoms with Crippen LogP contribution in [0, 0.1) is 17.7 Å². The summed E-state index contributed by atoms with van der Waals surface area (Å²) < 4.78 is 14.7. The number of aryl methyl sites for hydroxylation is 1. The second kappa shape index (κ2) is 4.29. The number of fused-ring (bicyclic) bond motifs is 1. The maximum atomic E-state index is 13.1. The van der Waals surface area contributed by atoms with Crippen molar-refractivity contribution in [1.29, 1.82) is 0 Å².